The van der Waals surface area contributed by atoms with E-state index in [4.69, 9.17) is 49.0 Å². The number of carbonyl (C=O) groups excluding carboxylic acids is 1. The number of rotatable bonds is 9. The molecule has 0 saturated carbocycles. The van der Waals surface area contributed by atoms with Crippen molar-refractivity contribution in [1.82, 2.24) is 4.98 Å². The third kappa shape index (κ3) is 5.62. The fraction of sp³-hybridized carbons (Fsp3) is 0.217. The lowest BCUT2D eigenvalue weighted by Crippen LogP contribution is -2.11. The molecule has 0 aliphatic carbocycles. The van der Waals surface area contributed by atoms with Crippen LogP contribution in [0.5, 0.6) is 17.2 Å². The van der Waals surface area contributed by atoms with Gasteiger partial charge in [-0.1, -0.05) is 46.9 Å². The van der Waals surface area contributed by atoms with Crippen LogP contribution in [0.15, 0.2) is 48.8 Å². The van der Waals surface area contributed by atoms with Crippen LogP contribution in [0.3, 0.4) is 0 Å². The van der Waals surface area contributed by atoms with Gasteiger partial charge in [0.2, 0.25) is 5.75 Å². The van der Waals surface area contributed by atoms with Crippen LogP contribution >= 0.6 is 34.8 Å². The summed E-state index contributed by atoms with van der Waals surface area (Å²) in [5, 5.41) is 1.30. The molecule has 0 unspecified atom stereocenters. The summed E-state index contributed by atoms with van der Waals surface area (Å²) in [6, 6.07) is 10.8. The molecule has 0 fully saturated rings. The number of ether oxygens (including phenoxy) is 3. The molecule has 31 heavy (non-hydrogen) atoms. The topological polar surface area (TPSA) is 57.7 Å². The molecule has 0 saturated heterocycles. The first-order valence-corrected chi connectivity index (χ1v) is 10.5. The van der Waals surface area contributed by atoms with E-state index in [1.807, 2.05) is 24.3 Å². The summed E-state index contributed by atoms with van der Waals surface area (Å²) < 4.78 is 16.9. The molecule has 0 aliphatic rings. The normalized spacial score (nSPS) is 10.6. The van der Waals surface area contributed by atoms with E-state index in [0.717, 1.165) is 5.56 Å². The molecule has 1 heterocycles. The van der Waals surface area contributed by atoms with Crippen molar-refractivity contribution in [2.75, 3.05) is 20.8 Å². The van der Waals surface area contributed by atoms with Crippen molar-refractivity contribution in [3.05, 3.63) is 80.6 Å². The van der Waals surface area contributed by atoms with E-state index in [2.05, 4.69) is 4.98 Å². The highest BCUT2D eigenvalue weighted by Crippen LogP contribution is 2.41. The summed E-state index contributed by atoms with van der Waals surface area (Å²) >= 11 is 18.4. The van der Waals surface area contributed by atoms with E-state index in [1.165, 1.54) is 26.6 Å². The number of hydrogen-bond donors (Lipinski definition) is 0. The molecule has 0 aliphatic heterocycles. The van der Waals surface area contributed by atoms with Gasteiger partial charge in [-0.25, -0.2) is 0 Å². The molecule has 0 radical (unpaired) electrons. The van der Waals surface area contributed by atoms with Crippen molar-refractivity contribution in [3.8, 4) is 17.2 Å². The van der Waals surface area contributed by atoms with Crippen LogP contribution in [0.1, 0.15) is 21.5 Å². The first-order valence-electron chi connectivity index (χ1n) is 9.38. The maximum absolute atomic E-state index is 13.2. The zero-order chi connectivity index (χ0) is 22.4. The molecular formula is C23H20Cl3NO4. The molecule has 0 amide bonds. The zero-order valence-corrected chi connectivity index (χ0v) is 19.2. The number of ketones is 1. The highest BCUT2D eigenvalue weighted by atomic mass is 35.5. The molecule has 2 aromatic carbocycles. The summed E-state index contributed by atoms with van der Waals surface area (Å²) in [7, 11) is 3.01. The molecule has 5 nitrogen and oxygen atoms in total. The lowest BCUT2D eigenvalue weighted by atomic mass is 10.0. The van der Waals surface area contributed by atoms with E-state index < -0.39 is 0 Å². The monoisotopic (exact) mass is 479 g/mol. The van der Waals surface area contributed by atoms with Gasteiger partial charge in [0.1, 0.15) is 0 Å². The minimum absolute atomic E-state index is 0.0136. The second-order valence-corrected chi connectivity index (χ2v) is 7.84. The summed E-state index contributed by atoms with van der Waals surface area (Å²) in [5.74, 6) is 0.868. The van der Waals surface area contributed by atoms with Crippen LogP contribution in [0, 0.1) is 0 Å². The van der Waals surface area contributed by atoms with Crippen LogP contribution < -0.4 is 14.2 Å². The van der Waals surface area contributed by atoms with Gasteiger partial charge in [0, 0.05) is 35.8 Å². The van der Waals surface area contributed by atoms with E-state index in [-0.39, 0.29) is 12.2 Å². The summed E-state index contributed by atoms with van der Waals surface area (Å²) in [5.41, 5.74) is 1.85. The average molecular weight is 481 g/mol. The van der Waals surface area contributed by atoms with Gasteiger partial charge in [0.15, 0.2) is 17.3 Å². The van der Waals surface area contributed by atoms with Gasteiger partial charge in [-0.15, -0.1) is 0 Å². The lowest BCUT2D eigenvalue weighted by Gasteiger charge is -2.17. The fourth-order valence-electron chi connectivity index (χ4n) is 3.09. The Morgan fingerprint density at radius 2 is 1.71 bits per heavy atom. The molecule has 0 spiro atoms. The van der Waals surface area contributed by atoms with Gasteiger partial charge in [0.25, 0.3) is 0 Å². The average Bonchev–Trinajstić information content (AvgIpc) is 2.75. The Morgan fingerprint density at radius 1 is 0.968 bits per heavy atom. The van der Waals surface area contributed by atoms with Gasteiger partial charge < -0.3 is 14.2 Å². The predicted octanol–water partition coefficient (Wildman–Crippen LogP) is 6.11. The first kappa shape index (κ1) is 23.2. The van der Waals surface area contributed by atoms with Gasteiger partial charge in [0.05, 0.1) is 36.4 Å². The number of methoxy groups -OCH3 is 2. The minimum Gasteiger partial charge on any atom is -0.493 e. The number of carbonyl (C=O) groups is 1. The Kier molecular flexibility index (Phi) is 8.02. The van der Waals surface area contributed by atoms with Gasteiger partial charge in [-0.05, 0) is 29.8 Å². The Hall–Kier alpha value is -2.47. The maximum atomic E-state index is 13.2. The van der Waals surface area contributed by atoms with Crippen molar-refractivity contribution in [3.63, 3.8) is 0 Å². The van der Waals surface area contributed by atoms with Crippen molar-refractivity contribution in [1.29, 1.82) is 0 Å². The smallest absolute Gasteiger partial charge is 0.204 e. The third-order valence-corrected chi connectivity index (χ3v) is 5.50. The van der Waals surface area contributed by atoms with Gasteiger partial charge in [-0.3, -0.25) is 9.78 Å². The van der Waals surface area contributed by atoms with Crippen molar-refractivity contribution in [2.24, 2.45) is 0 Å². The molecule has 8 heteroatoms. The zero-order valence-electron chi connectivity index (χ0n) is 17.0. The highest BCUT2D eigenvalue weighted by Gasteiger charge is 2.23. The van der Waals surface area contributed by atoms with Crippen molar-refractivity contribution < 1.29 is 19.0 Å². The first-order chi connectivity index (χ1) is 14.9. The largest absolute Gasteiger partial charge is 0.493 e. The number of halogens is 3. The number of aromatic nitrogens is 1. The molecule has 162 valence electrons. The molecule has 0 N–H and O–H groups in total. The molecule has 0 bridgehead atoms. The van der Waals surface area contributed by atoms with E-state index in [1.54, 1.807) is 12.1 Å². The number of hydrogen-bond acceptors (Lipinski definition) is 5. The molecule has 3 rings (SSSR count). The number of benzene rings is 2. The van der Waals surface area contributed by atoms with Crippen LogP contribution in [0.2, 0.25) is 15.1 Å². The van der Waals surface area contributed by atoms with Crippen LogP contribution in [0.25, 0.3) is 0 Å². The van der Waals surface area contributed by atoms with E-state index in [0.29, 0.717) is 56.5 Å². The fourth-order valence-corrected chi connectivity index (χ4v) is 3.80. The number of Topliss-reactive ketones (excluding diaryl/α,β-unsaturated/α-hetero) is 1. The van der Waals surface area contributed by atoms with E-state index in [9.17, 15) is 4.79 Å². The summed E-state index contributed by atoms with van der Waals surface area (Å²) in [6.45, 7) is 0.306. The maximum Gasteiger partial charge on any atom is 0.204 e. The lowest BCUT2D eigenvalue weighted by molar-refractivity contribution is 0.0988. The van der Waals surface area contributed by atoms with Crippen molar-refractivity contribution in [2.45, 2.75) is 12.8 Å². The number of nitrogens with zero attached hydrogens (tertiary/aromatic N) is 1. The van der Waals surface area contributed by atoms with Gasteiger partial charge >= 0.3 is 0 Å². The van der Waals surface area contributed by atoms with Crippen LogP contribution in [0.4, 0.5) is 0 Å². The highest BCUT2D eigenvalue weighted by molar-refractivity contribution is 6.36. The Balaban J connectivity index is 1.89. The Morgan fingerprint density at radius 3 is 2.35 bits per heavy atom. The molecule has 1 aromatic heterocycles. The SMILES string of the molecule is COc1ccc(C(=O)Cc2c(Cl)cncc2Cl)c(OCCc2cccc(Cl)c2)c1OC. The van der Waals surface area contributed by atoms with Crippen LogP contribution in [-0.4, -0.2) is 31.6 Å². The predicted molar refractivity (Wildman–Crippen MR) is 122 cm³/mol. The third-order valence-electron chi connectivity index (χ3n) is 4.62. The molecule has 3 aromatic rings. The summed E-state index contributed by atoms with van der Waals surface area (Å²) in [6.07, 6.45) is 3.48. The minimum atomic E-state index is -0.228. The second kappa shape index (κ2) is 10.7. The Bertz CT molecular complexity index is 1070. The standard InChI is InChI=1S/C23H20Cl3NO4/c1-29-21-7-6-16(20(28)11-17-18(25)12-27-13-19(17)26)22(23(21)30-2)31-9-8-14-4-3-5-15(24)10-14/h3-7,10,12-13H,8-9,11H2,1-2H3. The van der Waals surface area contributed by atoms with Crippen molar-refractivity contribution >= 4 is 40.6 Å². The van der Waals surface area contributed by atoms with Gasteiger partial charge in [-0.2, -0.15) is 0 Å². The number of pyridine rings is 1. The summed E-state index contributed by atoms with van der Waals surface area (Å²) in [4.78, 5) is 17.1. The quantitative estimate of drug-likeness (QED) is 0.346. The Labute approximate surface area is 195 Å². The second-order valence-electron chi connectivity index (χ2n) is 6.59. The van der Waals surface area contributed by atoms with E-state index >= 15 is 0 Å². The van der Waals surface area contributed by atoms with Crippen LogP contribution in [-0.2, 0) is 12.8 Å². The molecule has 0 atom stereocenters. The molecular weight excluding hydrogens is 461 g/mol.